The van der Waals surface area contributed by atoms with E-state index in [-0.39, 0.29) is 11.6 Å². The number of amides is 1. The van der Waals surface area contributed by atoms with E-state index in [1.807, 2.05) is 6.07 Å². The number of hydrogen-bond donors (Lipinski definition) is 1. The van der Waals surface area contributed by atoms with Crippen LogP contribution in [0.25, 0.3) is 11.1 Å². The van der Waals surface area contributed by atoms with Gasteiger partial charge >= 0.3 is 5.97 Å². The Morgan fingerprint density at radius 3 is 2.45 bits per heavy atom. The van der Waals surface area contributed by atoms with Crippen LogP contribution in [0.3, 0.4) is 0 Å². The summed E-state index contributed by atoms with van der Waals surface area (Å²) < 4.78 is 0. The maximum absolute atomic E-state index is 11.9. The fraction of sp³-hybridized carbons (Fsp3) is 0.133. The Hall–Kier alpha value is -2.69. The van der Waals surface area contributed by atoms with Gasteiger partial charge in [-0.05, 0) is 35.4 Å². The van der Waals surface area contributed by atoms with Gasteiger partial charge in [-0.15, -0.1) is 0 Å². The molecule has 0 spiro atoms. The highest BCUT2D eigenvalue weighted by atomic mass is 16.4. The molecule has 0 aliphatic heterocycles. The lowest BCUT2D eigenvalue weighted by Gasteiger charge is -2.11. The van der Waals surface area contributed by atoms with Crippen LogP contribution < -0.4 is 0 Å². The van der Waals surface area contributed by atoms with Gasteiger partial charge in [-0.25, -0.2) is 9.78 Å². The highest BCUT2D eigenvalue weighted by Crippen LogP contribution is 2.21. The van der Waals surface area contributed by atoms with Crippen molar-refractivity contribution in [3.05, 3.63) is 53.9 Å². The van der Waals surface area contributed by atoms with Crippen LogP contribution in [0.4, 0.5) is 0 Å². The van der Waals surface area contributed by atoms with Gasteiger partial charge in [0.2, 0.25) is 0 Å². The Bertz CT molecular complexity index is 666. The molecule has 1 aromatic carbocycles. The molecule has 1 heterocycles. The molecule has 2 rings (SSSR count). The predicted octanol–water partition coefficient (Wildman–Crippen LogP) is 2.15. The van der Waals surface area contributed by atoms with Gasteiger partial charge in [0.15, 0.2) is 0 Å². The molecule has 0 unspecified atom stereocenters. The van der Waals surface area contributed by atoms with Gasteiger partial charge < -0.3 is 10.0 Å². The summed E-state index contributed by atoms with van der Waals surface area (Å²) in [5.41, 5.74) is 2.03. The van der Waals surface area contributed by atoms with Gasteiger partial charge in [-0.3, -0.25) is 4.79 Å². The van der Waals surface area contributed by atoms with Crippen LogP contribution in [0.2, 0.25) is 0 Å². The van der Waals surface area contributed by atoms with Crippen LogP contribution in [0.5, 0.6) is 0 Å². The monoisotopic (exact) mass is 270 g/mol. The number of nitrogens with zero attached hydrogens (tertiary/aromatic N) is 2. The third-order valence-electron chi connectivity index (χ3n) is 2.83. The number of pyridine rings is 1. The quantitative estimate of drug-likeness (QED) is 0.927. The molecule has 1 amide bonds. The molecule has 0 aliphatic carbocycles. The first-order chi connectivity index (χ1) is 9.49. The third-order valence-corrected chi connectivity index (χ3v) is 2.83. The minimum atomic E-state index is -1.08. The van der Waals surface area contributed by atoms with Crippen molar-refractivity contribution in [1.29, 1.82) is 0 Å². The van der Waals surface area contributed by atoms with E-state index < -0.39 is 5.97 Å². The zero-order valence-electron chi connectivity index (χ0n) is 11.2. The van der Waals surface area contributed by atoms with Crippen molar-refractivity contribution in [2.45, 2.75) is 0 Å². The van der Waals surface area contributed by atoms with E-state index in [0.29, 0.717) is 11.1 Å². The highest BCUT2D eigenvalue weighted by Gasteiger charge is 2.10. The molecule has 102 valence electrons. The minimum absolute atomic E-state index is 0.0214. The lowest BCUT2D eigenvalue weighted by molar-refractivity contribution is 0.0690. The summed E-state index contributed by atoms with van der Waals surface area (Å²) >= 11 is 0. The second-order valence-corrected chi connectivity index (χ2v) is 4.52. The molecular weight excluding hydrogens is 256 g/mol. The van der Waals surface area contributed by atoms with E-state index in [4.69, 9.17) is 5.11 Å². The van der Waals surface area contributed by atoms with Crippen molar-refractivity contribution in [1.82, 2.24) is 9.88 Å². The first-order valence-corrected chi connectivity index (χ1v) is 6.00. The largest absolute Gasteiger partial charge is 0.477 e. The average Bonchev–Trinajstić information content (AvgIpc) is 2.46. The van der Waals surface area contributed by atoms with E-state index >= 15 is 0 Å². The fourth-order valence-electron chi connectivity index (χ4n) is 1.82. The molecule has 5 heteroatoms. The van der Waals surface area contributed by atoms with E-state index in [2.05, 4.69) is 4.98 Å². The number of carbonyl (C=O) groups excluding carboxylic acids is 1. The smallest absolute Gasteiger partial charge is 0.354 e. The maximum atomic E-state index is 11.9. The van der Waals surface area contributed by atoms with Crippen molar-refractivity contribution in [3.8, 4) is 11.1 Å². The molecule has 2 aromatic rings. The summed E-state index contributed by atoms with van der Waals surface area (Å²) in [6.07, 6.45) is 1.44. The second kappa shape index (κ2) is 5.52. The fourth-order valence-corrected chi connectivity index (χ4v) is 1.82. The number of benzene rings is 1. The molecule has 0 aliphatic rings. The van der Waals surface area contributed by atoms with Crippen LogP contribution >= 0.6 is 0 Å². The molecule has 0 atom stereocenters. The van der Waals surface area contributed by atoms with E-state index in [0.717, 1.165) is 5.56 Å². The van der Waals surface area contributed by atoms with Crippen LogP contribution in [-0.4, -0.2) is 41.0 Å². The predicted molar refractivity (Wildman–Crippen MR) is 74.6 cm³/mol. The number of carboxylic acid groups (broad SMARTS) is 1. The number of aromatic nitrogens is 1. The molecule has 0 saturated carbocycles. The maximum Gasteiger partial charge on any atom is 0.354 e. The second-order valence-electron chi connectivity index (χ2n) is 4.52. The zero-order valence-corrected chi connectivity index (χ0v) is 11.2. The summed E-state index contributed by atoms with van der Waals surface area (Å²) in [6, 6.07) is 10.3. The number of rotatable bonds is 3. The Morgan fingerprint density at radius 2 is 1.80 bits per heavy atom. The summed E-state index contributed by atoms with van der Waals surface area (Å²) in [4.78, 5) is 28.1. The van der Waals surface area contributed by atoms with Crippen molar-refractivity contribution in [3.63, 3.8) is 0 Å². The number of hydrogen-bond acceptors (Lipinski definition) is 3. The lowest BCUT2D eigenvalue weighted by atomic mass is 10.0. The van der Waals surface area contributed by atoms with Crippen molar-refractivity contribution in [2.24, 2.45) is 0 Å². The van der Waals surface area contributed by atoms with E-state index in [9.17, 15) is 9.59 Å². The Balaban J connectivity index is 2.43. The summed E-state index contributed by atoms with van der Waals surface area (Å²) in [5.74, 6) is -1.17. The van der Waals surface area contributed by atoms with Crippen LogP contribution in [-0.2, 0) is 0 Å². The van der Waals surface area contributed by atoms with Gasteiger partial charge in [0.05, 0.1) is 0 Å². The number of carbonyl (C=O) groups is 2. The summed E-state index contributed by atoms with van der Waals surface area (Å²) in [6.45, 7) is 0. The minimum Gasteiger partial charge on any atom is -0.477 e. The molecule has 1 N–H and O–H groups in total. The normalized spacial score (nSPS) is 10.1. The van der Waals surface area contributed by atoms with Gasteiger partial charge in [0.1, 0.15) is 5.69 Å². The topological polar surface area (TPSA) is 70.5 Å². The van der Waals surface area contributed by atoms with Crippen molar-refractivity contribution in [2.75, 3.05) is 14.1 Å². The first kappa shape index (κ1) is 13.7. The van der Waals surface area contributed by atoms with Gasteiger partial charge in [-0.2, -0.15) is 0 Å². The van der Waals surface area contributed by atoms with Crippen LogP contribution in [0, 0.1) is 0 Å². The molecule has 0 bridgehead atoms. The molecule has 0 saturated heterocycles. The van der Waals surface area contributed by atoms with Crippen LogP contribution in [0.15, 0.2) is 42.6 Å². The molecule has 5 nitrogen and oxygen atoms in total. The third kappa shape index (κ3) is 2.83. The Kier molecular flexibility index (Phi) is 3.79. The molecule has 1 aromatic heterocycles. The lowest BCUT2D eigenvalue weighted by Crippen LogP contribution is -2.21. The Morgan fingerprint density at radius 1 is 1.10 bits per heavy atom. The molecule has 20 heavy (non-hydrogen) atoms. The molecule has 0 fully saturated rings. The van der Waals surface area contributed by atoms with E-state index in [1.54, 1.807) is 38.4 Å². The van der Waals surface area contributed by atoms with Crippen molar-refractivity contribution >= 4 is 11.9 Å². The van der Waals surface area contributed by atoms with E-state index in [1.165, 1.54) is 17.2 Å². The van der Waals surface area contributed by atoms with Crippen LogP contribution in [0.1, 0.15) is 20.8 Å². The zero-order chi connectivity index (χ0) is 14.7. The summed E-state index contributed by atoms with van der Waals surface area (Å²) in [7, 11) is 3.37. The highest BCUT2D eigenvalue weighted by molar-refractivity contribution is 5.95. The van der Waals surface area contributed by atoms with Crippen molar-refractivity contribution < 1.29 is 14.7 Å². The molecule has 0 radical (unpaired) electrons. The Labute approximate surface area is 116 Å². The van der Waals surface area contributed by atoms with Gasteiger partial charge in [0, 0.05) is 25.9 Å². The SMILES string of the molecule is CN(C)C(=O)c1cccc(-c2ccnc(C(=O)O)c2)c1. The number of aromatic carboxylic acids is 1. The summed E-state index contributed by atoms with van der Waals surface area (Å²) in [5, 5.41) is 8.95. The van der Waals surface area contributed by atoms with Gasteiger partial charge in [-0.1, -0.05) is 12.1 Å². The standard InChI is InChI=1S/C15H14N2O3/c1-17(2)14(18)12-5-3-4-10(8-12)11-6-7-16-13(9-11)15(19)20/h3-9H,1-2H3,(H,19,20). The average molecular weight is 270 g/mol. The first-order valence-electron chi connectivity index (χ1n) is 6.00. The van der Waals surface area contributed by atoms with Gasteiger partial charge in [0.25, 0.3) is 5.91 Å². The number of carboxylic acids is 1. The molecular formula is C15H14N2O3.